The Labute approximate surface area is 162 Å². The molecule has 0 saturated heterocycles. The maximum absolute atomic E-state index is 11.0. The van der Waals surface area contributed by atoms with Crippen molar-refractivity contribution in [1.29, 1.82) is 0 Å². The number of aromatic nitrogens is 4. The maximum atomic E-state index is 11.0. The highest BCUT2D eigenvalue weighted by Crippen LogP contribution is 2.30. The van der Waals surface area contributed by atoms with Crippen molar-refractivity contribution < 1.29 is 4.92 Å². The lowest BCUT2D eigenvalue weighted by Crippen LogP contribution is -2.11. The van der Waals surface area contributed by atoms with Gasteiger partial charge in [0.15, 0.2) is 0 Å². The van der Waals surface area contributed by atoms with Crippen molar-refractivity contribution in [3.63, 3.8) is 0 Å². The van der Waals surface area contributed by atoms with Gasteiger partial charge in [-0.15, -0.1) is 0 Å². The Morgan fingerprint density at radius 3 is 2.25 bits per heavy atom. The van der Waals surface area contributed by atoms with E-state index < -0.39 is 4.92 Å². The highest BCUT2D eigenvalue weighted by Gasteiger charge is 2.16. The fourth-order valence-corrected chi connectivity index (χ4v) is 3.26. The lowest BCUT2D eigenvalue weighted by molar-refractivity contribution is -0.385. The third-order valence-corrected chi connectivity index (χ3v) is 4.73. The normalized spacial score (nSPS) is 10.9. The minimum Gasteiger partial charge on any atom is -0.258 e. The number of rotatable bonds is 5. The Kier molecular flexibility index (Phi) is 4.49. The molecule has 7 heteroatoms. The van der Waals surface area contributed by atoms with Crippen LogP contribution in [0, 0.1) is 24.0 Å². The first kappa shape index (κ1) is 17.7. The van der Waals surface area contributed by atoms with E-state index in [0.29, 0.717) is 0 Å². The second kappa shape index (κ2) is 7.11. The van der Waals surface area contributed by atoms with Gasteiger partial charge in [0.25, 0.3) is 0 Å². The smallest absolute Gasteiger partial charge is 0.258 e. The molecule has 28 heavy (non-hydrogen) atoms. The van der Waals surface area contributed by atoms with Crippen LogP contribution in [0.5, 0.6) is 0 Å². The van der Waals surface area contributed by atoms with Gasteiger partial charge in [-0.1, -0.05) is 48.5 Å². The van der Waals surface area contributed by atoms with Crippen molar-refractivity contribution in [1.82, 2.24) is 19.6 Å². The molecule has 2 aromatic carbocycles. The Morgan fingerprint density at radius 1 is 1.00 bits per heavy atom. The summed E-state index contributed by atoms with van der Waals surface area (Å²) < 4.78 is 3.36. The lowest BCUT2D eigenvalue weighted by atomic mass is 10.0. The van der Waals surface area contributed by atoms with Crippen molar-refractivity contribution in [3.05, 3.63) is 88.2 Å². The largest absolute Gasteiger partial charge is 0.307 e. The summed E-state index contributed by atoms with van der Waals surface area (Å²) in [7, 11) is 0. The van der Waals surface area contributed by atoms with Crippen LogP contribution in [0.3, 0.4) is 0 Å². The van der Waals surface area contributed by atoms with E-state index in [-0.39, 0.29) is 12.4 Å². The molecule has 0 spiro atoms. The van der Waals surface area contributed by atoms with Gasteiger partial charge in [-0.05, 0) is 31.0 Å². The predicted octanol–water partition coefficient (Wildman–Crippen LogP) is 4.44. The molecule has 4 rings (SSSR count). The lowest BCUT2D eigenvalue weighted by Gasteiger charge is -2.09. The molecule has 140 valence electrons. The van der Waals surface area contributed by atoms with Crippen molar-refractivity contribution in [2.75, 3.05) is 0 Å². The standard InChI is InChI=1S/C21H19N5O2/c1-15-7-3-5-9-18(15)20-11-21(19-10-6-4-8-16(19)2)25(23-20)14-24-13-17(12-22-24)26(27)28/h3-13H,14H2,1-2H3. The Bertz CT molecular complexity index is 1160. The van der Waals surface area contributed by atoms with Gasteiger partial charge in [-0.25, -0.2) is 9.36 Å². The molecule has 2 heterocycles. The van der Waals surface area contributed by atoms with E-state index in [9.17, 15) is 10.1 Å². The van der Waals surface area contributed by atoms with E-state index in [0.717, 1.165) is 33.6 Å². The zero-order valence-corrected chi connectivity index (χ0v) is 15.6. The molecular weight excluding hydrogens is 354 g/mol. The number of nitrogens with zero attached hydrogens (tertiary/aromatic N) is 5. The molecule has 0 fully saturated rings. The van der Waals surface area contributed by atoms with Crippen LogP contribution < -0.4 is 0 Å². The summed E-state index contributed by atoms with van der Waals surface area (Å²) in [5, 5.41) is 19.9. The van der Waals surface area contributed by atoms with Crippen LogP contribution in [-0.4, -0.2) is 24.5 Å². The van der Waals surface area contributed by atoms with Gasteiger partial charge >= 0.3 is 5.69 Å². The Hall–Kier alpha value is -3.74. The molecule has 0 aliphatic heterocycles. The minimum absolute atomic E-state index is 0.0382. The van der Waals surface area contributed by atoms with E-state index in [1.54, 1.807) is 0 Å². The molecule has 0 N–H and O–H groups in total. The van der Waals surface area contributed by atoms with Gasteiger partial charge in [0.2, 0.25) is 0 Å². The summed E-state index contributed by atoms with van der Waals surface area (Å²) in [4.78, 5) is 10.5. The summed E-state index contributed by atoms with van der Waals surface area (Å²) in [5.74, 6) is 0. The summed E-state index contributed by atoms with van der Waals surface area (Å²) in [6.45, 7) is 4.39. The van der Waals surface area contributed by atoms with Crippen LogP contribution in [0.4, 0.5) is 5.69 Å². The molecule has 0 unspecified atom stereocenters. The predicted molar refractivity (Wildman–Crippen MR) is 107 cm³/mol. The molecule has 2 aromatic heterocycles. The molecule has 0 amide bonds. The number of benzene rings is 2. The minimum atomic E-state index is -0.451. The summed E-state index contributed by atoms with van der Waals surface area (Å²) in [6.07, 6.45) is 2.66. The molecule has 0 saturated carbocycles. The molecule has 0 bridgehead atoms. The quantitative estimate of drug-likeness (QED) is 0.382. The molecule has 4 aromatic rings. The first-order valence-corrected chi connectivity index (χ1v) is 8.89. The molecule has 0 radical (unpaired) electrons. The maximum Gasteiger partial charge on any atom is 0.307 e. The summed E-state index contributed by atoms with van der Waals surface area (Å²) in [6, 6.07) is 18.2. The third kappa shape index (κ3) is 3.29. The number of hydrogen-bond acceptors (Lipinski definition) is 4. The summed E-state index contributed by atoms with van der Waals surface area (Å²) in [5.41, 5.74) is 6.15. The highest BCUT2D eigenvalue weighted by molar-refractivity contribution is 5.72. The average molecular weight is 373 g/mol. The van der Waals surface area contributed by atoms with Crippen LogP contribution in [-0.2, 0) is 6.67 Å². The van der Waals surface area contributed by atoms with Gasteiger partial charge in [-0.3, -0.25) is 10.1 Å². The van der Waals surface area contributed by atoms with Crippen LogP contribution in [0.15, 0.2) is 67.0 Å². The van der Waals surface area contributed by atoms with Crippen molar-refractivity contribution in [2.45, 2.75) is 20.5 Å². The zero-order chi connectivity index (χ0) is 19.7. The Morgan fingerprint density at radius 2 is 1.64 bits per heavy atom. The number of nitro groups is 1. The van der Waals surface area contributed by atoms with Crippen LogP contribution in [0.25, 0.3) is 22.5 Å². The fraction of sp³-hybridized carbons (Fsp3) is 0.143. The zero-order valence-electron chi connectivity index (χ0n) is 15.6. The number of hydrogen-bond donors (Lipinski definition) is 0. The third-order valence-electron chi connectivity index (χ3n) is 4.73. The average Bonchev–Trinajstić information content (AvgIpc) is 3.30. The van der Waals surface area contributed by atoms with E-state index >= 15 is 0 Å². The second-order valence-corrected chi connectivity index (χ2v) is 6.68. The second-order valence-electron chi connectivity index (χ2n) is 6.68. The van der Waals surface area contributed by atoms with Crippen LogP contribution in [0.1, 0.15) is 11.1 Å². The van der Waals surface area contributed by atoms with Crippen LogP contribution >= 0.6 is 0 Å². The molecule has 0 aliphatic carbocycles. The van der Waals surface area contributed by atoms with Crippen molar-refractivity contribution in [2.24, 2.45) is 0 Å². The Balaban J connectivity index is 1.82. The van der Waals surface area contributed by atoms with Crippen LogP contribution in [0.2, 0.25) is 0 Å². The van der Waals surface area contributed by atoms with Gasteiger partial charge in [0.05, 0.1) is 16.3 Å². The topological polar surface area (TPSA) is 78.8 Å². The van der Waals surface area contributed by atoms with E-state index in [1.165, 1.54) is 17.1 Å². The SMILES string of the molecule is Cc1ccccc1-c1cc(-c2ccccc2C)n(Cn2cc([N+](=O)[O-])cn2)n1. The van der Waals surface area contributed by atoms with Crippen molar-refractivity contribution >= 4 is 5.69 Å². The molecule has 0 aliphatic rings. The summed E-state index contributed by atoms with van der Waals surface area (Å²) >= 11 is 0. The monoisotopic (exact) mass is 373 g/mol. The van der Waals surface area contributed by atoms with E-state index in [2.05, 4.69) is 43.2 Å². The molecule has 7 nitrogen and oxygen atoms in total. The van der Waals surface area contributed by atoms with Crippen molar-refractivity contribution in [3.8, 4) is 22.5 Å². The fourth-order valence-electron chi connectivity index (χ4n) is 3.26. The van der Waals surface area contributed by atoms with E-state index in [4.69, 9.17) is 5.10 Å². The van der Waals surface area contributed by atoms with Gasteiger partial charge < -0.3 is 0 Å². The van der Waals surface area contributed by atoms with E-state index in [1.807, 2.05) is 35.0 Å². The van der Waals surface area contributed by atoms with Gasteiger partial charge in [0.1, 0.15) is 19.1 Å². The first-order valence-electron chi connectivity index (χ1n) is 8.89. The number of aryl methyl sites for hydroxylation is 2. The molecular formula is C21H19N5O2. The van der Waals surface area contributed by atoms with Gasteiger partial charge in [-0.2, -0.15) is 10.2 Å². The van der Waals surface area contributed by atoms with Gasteiger partial charge in [0, 0.05) is 11.1 Å². The first-order chi connectivity index (χ1) is 13.5. The molecule has 0 atom stereocenters. The highest BCUT2D eigenvalue weighted by atomic mass is 16.6.